The Bertz CT molecular complexity index is 1810. The Hall–Kier alpha value is -4.04. The normalized spacial score (nSPS) is 17.5. The number of aromatic nitrogens is 4. The predicted octanol–water partition coefficient (Wildman–Crippen LogP) is 7.51. The number of hydrogen-bond acceptors (Lipinski definition) is 5. The number of carbonyl (C=O) groups excluding carboxylic acids is 1. The largest absolute Gasteiger partial charge is 0.481 e. The molecule has 0 radical (unpaired) electrons. The van der Waals surface area contributed by atoms with Gasteiger partial charge in [-0.3, -0.25) is 14.6 Å². The highest BCUT2D eigenvalue weighted by Crippen LogP contribution is 2.45. The number of H-pyrrole nitrogens is 2. The number of fused-ring (bicyclic) bond motifs is 8. The van der Waals surface area contributed by atoms with Crippen molar-refractivity contribution in [2.24, 2.45) is 11.7 Å². The van der Waals surface area contributed by atoms with Crippen LogP contribution in [-0.4, -0.2) is 42.8 Å². The molecule has 5 rings (SSSR count). The quantitative estimate of drug-likeness (QED) is 0.202. The van der Waals surface area contributed by atoms with Crippen molar-refractivity contribution in [3.8, 4) is 0 Å². The molecule has 8 nitrogen and oxygen atoms in total. The van der Waals surface area contributed by atoms with Crippen LogP contribution in [0.1, 0.15) is 107 Å². The Kier molecular flexibility index (Phi) is 8.67. The summed E-state index contributed by atoms with van der Waals surface area (Å²) in [4.78, 5) is 42.1. The molecule has 3 atom stereocenters. The third-order valence-electron chi connectivity index (χ3n) is 9.73. The molecule has 8 heteroatoms. The van der Waals surface area contributed by atoms with E-state index in [2.05, 4.69) is 68.9 Å². The zero-order valence-corrected chi connectivity index (χ0v) is 27.0. The van der Waals surface area contributed by atoms with E-state index in [4.69, 9.17) is 15.7 Å². The Morgan fingerprint density at radius 1 is 0.932 bits per heavy atom. The first-order valence-corrected chi connectivity index (χ1v) is 15.7. The molecule has 0 aromatic carbocycles. The number of nitrogens with zero attached hydrogens (tertiary/aromatic N) is 2. The molecule has 8 bridgehead atoms. The number of aromatic amines is 2. The minimum atomic E-state index is -0.847. The summed E-state index contributed by atoms with van der Waals surface area (Å²) in [5, 5.41) is 9.52. The number of carboxylic acid groups (broad SMARTS) is 1. The van der Waals surface area contributed by atoms with Crippen LogP contribution in [0.2, 0.25) is 0 Å². The van der Waals surface area contributed by atoms with Crippen molar-refractivity contribution in [2.75, 3.05) is 0 Å². The number of carbonyl (C=O) groups is 2. The van der Waals surface area contributed by atoms with Crippen molar-refractivity contribution < 1.29 is 14.7 Å². The SMILES string of the molecule is CCC(C)C(N)C(=O)CCC1c2cc3nc(cc4cc(C)c(cc5cc(C)c(cc(n2)C1(C)C)[nH]5)[nH]4)C(C)=C3CCC(=O)O. The second-order valence-electron chi connectivity index (χ2n) is 13.2. The number of aliphatic carboxylic acids is 1. The van der Waals surface area contributed by atoms with Crippen LogP contribution in [-0.2, 0) is 15.0 Å². The molecule has 0 spiro atoms. The number of nitrogens with one attached hydrogen (secondary N) is 2. The fraction of sp³-hybridized carbons (Fsp3) is 0.444. The third-order valence-corrected chi connectivity index (χ3v) is 9.73. The zero-order valence-electron chi connectivity index (χ0n) is 27.0. The summed E-state index contributed by atoms with van der Waals surface area (Å²) in [6.07, 6.45) is 2.21. The van der Waals surface area contributed by atoms with Crippen LogP contribution in [0.25, 0.3) is 33.2 Å². The molecule has 2 aliphatic rings. The van der Waals surface area contributed by atoms with E-state index in [0.717, 1.165) is 73.5 Å². The van der Waals surface area contributed by atoms with Gasteiger partial charge in [0.05, 0.1) is 17.4 Å². The molecule has 3 aromatic rings. The molecule has 0 fully saturated rings. The van der Waals surface area contributed by atoms with Crippen LogP contribution < -0.4 is 5.73 Å². The van der Waals surface area contributed by atoms with Gasteiger partial charge in [0.1, 0.15) is 5.78 Å². The minimum Gasteiger partial charge on any atom is -0.481 e. The number of ketones is 1. The van der Waals surface area contributed by atoms with E-state index < -0.39 is 12.0 Å². The van der Waals surface area contributed by atoms with Crippen molar-refractivity contribution >= 4 is 45.0 Å². The van der Waals surface area contributed by atoms with E-state index in [9.17, 15) is 14.7 Å². The molecule has 232 valence electrons. The maximum absolute atomic E-state index is 13.2. The number of hydrogen-bond donors (Lipinski definition) is 4. The van der Waals surface area contributed by atoms with Crippen molar-refractivity contribution in [3.05, 3.63) is 70.3 Å². The van der Waals surface area contributed by atoms with Crippen molar-refractivity contribution in [1.82, 2.24) is 19.9 Å². The highest BCUT2D eigenvalue weighted by atomic mass is 16.4. The van der Waals surface area contributed by atoms with Gasteiger partial charge in [0.2, 0.25) is 0 Å². The number of Topliss-reactive ketones (excluding diaryl/α,β-unsaturated/α-hetero) is 1. The fourth-order valence-corrected chi connectivity index (χ4v) is 6.47. The van der Waals surface area contributed by atoms with Crippen molar-refractivity contribution in [1.29, 1.82) is 0 Å². The van der Waals surface area contributed by atoms with Crippen LogP contribution in [0.4, 0.5) is 0 Å². The van der Waals surface area contributed by atoms with Gasteiger partial charge in [-0.05, 0) is 98.2 Å². The van der Waals surface area contributed by atoms with E-state index in [0.29, 0.717) is 19.3 Å². The summed E-state index contributed by atoms with van der Waals surface area (Å²) in [5.41, 5.74) is 17.3. The number of rotatable bonds is 9. The average Bonchev–Trinajstić information content (AvgIpc) is 3.64. The Morgan fingerprint density at radius 3 is 2.20 bits per heavy atom. The molecule has 5 N–H and O–H groups in total. The molecule has 2 aliphatic heterocycles. The first-order valence-electron chi connectivity index (χ1n) is 15.7. The van der Waals surface area contributed by atoms with Gasteiger partial charge in [-0.25, -0.2) is 4.98 Å². The van der Waals surface area contributed by atoms with E-state index >= 15 is 0 Å². The van der Waals surface area contributed by atoms with Gasteiger partial charge >= 0.3 is 5.97 Å². The Morgan fingerprint density at radius 2 is 1.57 bits per heavy atom. The van der Waals surface area contributed by atoms with Crippen LogP contribution in [0.15, 0.2) is 36.4 Å². The topological polar surface area (TPSA) is 138 Å². The highest BCUT2D eigenvalue weighted by Gasteiger charge is 2.40. The van der Waals surface area contributed by atoms with Gasteiger partial charge < -0.3 is 20.8 Å². The van der Waals surface area contributed by atoms with Gasteiger partial charge in [0.15, 0.2) is 0 Å². The van der Waals surface area contributed by atoms with Crippen molar-refractivity contribution in [2.45, 2.75) is 97.9 Å². The number of carboxylic acids is 1. The smallest absolute Gasteiger partial charge is 0.303 e. The summed E-state index contributed by atoms with van der Waals surface area (Å²) >= 11 is 0. The molecule has 3 aromatic heterocycles. The van der Waals surface area contributed by atoms with E-state index in [1.165, 1.54) is 0 Å². The molecular weight excluding hydrogens is 550 g/mol. The zero-order chi connectivity index (χ0) is 31.9. The lowest BCUT2D eigenvalue weighted by molar-refractivity contribution is -0.136. The van der Waals surface area contributed by atoms with Crippen LogP contribution in [0, 0.1) is 19.8 Å². The molecule has 44 heavy (non-hydrogen) atoms. The fourth-order valence-electron chi connectivity index (χ4n) is 6.47. The predicted molar refractivity (Wildman–Crippen MR) is 177 cm³/mol. The summed E-state index contributed by atoms with van der Waals surface area (Å²) in [6, 6.07) is 12.0. The van der Waals surface area contributed by atoms with Crippen LogP contribution in [0.5, 0.6) is 0 Å². The summed E-state index contributed by atoms with van der Waals surface area (Å²) in [7, 11) is 0. The second kappa shape index (κ2) is 12.2. The number of nitrogens with two attached hydrogens (primary N) is 1. The minimum absolute atomic E-state index is 0.0102. The van der Waals surface area contributed by atoms with Gasteiger partial charge in [0, 0.05) is 57.6 Å². The molecular formula is C36H45N5O3. The van der Waals surface area contributed by atoms with Gasteiger partial charge in [-0.1, -0.05) is 34.1 Å². The van der Waals surface area contributed by atoms with Gasteiger partial charge in [0.25, 0.3) is 0 Å². The summed E-state index contributed by atoms with van der Waals surface area (Å²) in [6.45, 7) is 14.6. The van der Waals surface area contributed by atoms with Crippen molar-refractivity contribution in [3.63, 3.8) is 0 Å². The maximum atomic E-state index is 13.2. The number of allylic oxidation sites excluding steroid dienone is 2. The Balaban J connectivity index is 1.74. The monoisotopic (exact) mass is 595 g/mol. The molecule has 0 saturated carbocycles. The first-order chi connectivity index (χ1) is 20.8. The molecule has 0 amide bonds. The van der Waals surface area contributed by atoms with Crippen LogP contribution >= 0.6 is 0 Å². The molecule has 0 saturated heterocycles. The average molecular weight is 596 g/mol. The molecule has 3 unspecified atom stereocenters. The van der Waals surface area contributed by atoms with Gasteiger partial charge in [-0.15, -0.1) is 0 Å². The van der Waals surface area contributed by atoms with Crippen LogP contribution in [0.3, 0.4) is 0 Å². The second-order valence-corrected chi connectivity index (χ2v) is 13.2. The Labute approximate surface area is 259 Å². The summed E-state index contributed by atoms with van der Waals surface area (Å²) < 4.78 is 0. The number of aryl methyl sites for hydroxylation is 2. The van der Waals surface area contributed by atoms with Gasteiger partial charge in [-0.2, -0.15) is 0 Å². The molecule has 0 aliphatic carbocycles. The van der Waals surface area contributed by atoms with E-state index in [-0.39, 0.29) is 29.5 Å². The third kappa shape index (κ3) is 6.13. The van der Waals surface area contributed by atoms with E-state index in [1.54, 1.807) is 0 Å². The lowest BCUT2D eigenvalue weighted by Gasteiger charge is -2.28. The molecule has 5 heterocycles. The lowest BCUT2D eigenvalue weighted by atomic mass is 9.74. The highest BCUT2D eigenvalue weighted by molar-refractivity contribution is 5.93. The lowest BCUT2D eigenvalue weighted by Crippen LogP contribution is -2.37. The first kappa shape index (κ1) is 31.4. The summed E-state index contributed by atoms with van der Waals surface area (Å²) in [5.74, 6) is -0.697. The maximum Gasteiger partial charge on any atom is 0.303 e. The van der Waals surface area contributed by atoms with E-state index in [1.807, 2.05) is 26.0 Å². The standard InChI is InChI=1S/C36H45N5O3/c1-8-19(2)35(37)32(42)11-10-26-31-17-30-25(9-12-34(43)44)22(5)29(40-30)16-24-13-20(3)27(38-24)15-23-14-21(4)28(39-23)18-33(41-31)36(26,6)7/h13-19,26,35,38-39H,8-12,37H2,1-7H3,(H,43,44).